The van der Waals surface area contributed by atoms with Crippen LogP contribution < -0.4 is 10.2 Å². The normalized spacial score (nSPS) is 16.5. The summed E-state index contributed by atoms with van der Waals surface area (Å²) in [6.45, 7) is 8.70. The van der Waals surface area contributed by atoms with E-state index in [0.717, 1.165) is 50.2 Å². The van der Waals surface area contributed by atoms with Crippen LogP contribution in [0.4, 0.5) is 5.82 Å². The predicted molar refractivity (Wildman–Crippen MR) is 99.4 cm³/mol. The number of rotatable bonds is 4. The molecule has 0 radical (unpaired) electrons. The van der Waals surface area contributed by atoms with E-state index in [-0.39, 0.29) is 11.3 Å². The largest absolute Gasteiger partial charge is 0.356 e. The highest BCUT2D eigenvalue weighted by atomic mass is 32.1. The maximum absolute atomic E-state index is 11.9. The van der Waals surface area contributed by atoms with Crippen molar-refractivity contribution in [2.24, 2.45) is 11.3 Å². The highest BCUT2D eigenvalue weighted by Gasteiger charge is 2.24. The number of anilines is 1. The molecule has 1 aliphatic rings. The Morgan fingerprint density at radius 3 is 2.79 bits per heavy atom. The van der Waals surface area contributed by atoms with Crippen LogP contribution in [0.25, 0.3) is 10.2 Å². The van der Waals surface area contributed by atoms with Crippen molar-refractivity contribution in [1.29, 1.82) is 0 Å². The second-order valence-electron chi connectivity index (χ2n) is 7.56. The second kappa shape index (κ2) is 7.05. The number of aromatic nitrogens is 2. The monoisotopic (exact) mass is 346 g/mol. The minimum absolute atomic E-state index is 0.140. The lowest BCUT2D eigenvalue weighted by atomic mass is 9.92. The number of nitrogens with zero attached hydrogens (tertiary/aromatic N) is 3. The van der Waals surface area contributed by atoms with E-state index < -0.39 is 0 Å². The van der Waals surface area contributed by atoms with Crippen molar-refractivity contribution in [2.75, 3.05) is 24.5 Å². The van der Waals surface area contributed by atoms with E-state index in [4.69, 9.17) is 0 Å². The van der Waals surface area contributed by atoms with Gasteiger partial charge in [0.05, 0.1) is 10.2 Å². The van der Waals surface area contributed by atoms with Gasteiger partial charge in [0.25, 0.3) is 0 Å². The quantitative estimate of drug-likeness (QED) is 0.921. The summed E-state index contributed by atoms with van der Waals surface area (Å²) < 4.78 is 1.19. The molecule has 2 aromatic rings. The van der Waals surface area contributed by atoms with Crippen LogP contribution in [-0.4, -0.2) is 35.5 Å². The third kappa shape index (κ3) is 3.86. The van der Waals surface area contributed by atoms with Gasteiger partial charge >= 0.3 is 0 Å². The molecule has 0 saturated carbocycles. The van der Waals surface area contributed by atoms with Crippen LogP contribution in [0.2, 0.25) is 0 Å². The van der Waals surface area contributed by atoms with Gasteiger partial charge in [0, 0.05) is 25.0 Å². The van der Waals surface area contributed by atoms with Crippen LogP contribution in [0, 0.1) is 11.3 Å². The highest BCUT2D eigenvalue weighted by molar-refractivity contribution is 7.17. The van der Waals surface area contributed by atoms with Gasteiger partial charge in [0.15, 0.2) is 0 Å². The maximum atomic E-state index is 11.9. The van der Waals surface area contributed by atoms with E-state index >= 15 is 0 Å². The van der Waals surface area contributed by atoms with Crippen LogP contribution in [0.5, 0.6) is 0 Å². The first kappa shape index (κ1) is 17.1. The van der Waals surface area contributed by atoms with Crippen molar-refractivity contribution in [2.45, 2.75) is 40.0 Å². The summed E-state index contributed by atoms with van der Waals surface area (Å²) in [5, 5.41) is 5.14. The molecule has 0 aliphatic carbocycles. The lowest BCUT2D eigenvalue weighted by Crippen LogP contribution is -2.38. The molecule has 6 heteroatoms. The fraction of sp³-hybridized carbons (Fsp3) is 0.611. The smallest absolute Gasteiger partial charge is 0.225 e. The zero-order valence-corrected chi connectivity index (χ0v) is 15.5. The van der Waals surface area contributed by atoms with Crippen molar-refractivity contribution in [3.63, 3.8) is 0 Å². The summed E-state index contributed by atoms with van der Waals surface area (Å²) in [7, 11) is 0. The zero-order valence-electron chi connectivity index (χ0n) is 14.7. The fourth-order valence-electron chi connectivity index (χ4n) is 3.09. The fourth-order valence-corrected chi connectivity index (χ4v) is 3.95. The van der Waals surface area contributed by atoms with Crippen LogP contribution >= 0.6 is 11.3 Å². The number of carbonyl (C=O) groups is 1. The number of hydrogen-bond donors (Lipinski definition) is 1. The van der Waals surface area contributed by atoms with Gasteiger partial charge in [-0.25, -0.2) is 9.97 Å². The Labute approximate surface area is 147 Å². The van der Waals surface area contributed by atoms with Gasteiger partial charge in [0.2, 0.25) is 5.91 Å². The summed E-state index contributed by atoms with van der Waals surface area (Å²) in [6, 6.07) is 2.05. The number of hydrogen-bond acceptors (Lipinski definition) is 5. The summed E-state index contributed by atoms with van der Waals surface area (Å²) in [4.78, 5) is 23.1. The molecule has 1 aliphatic heterocycles. The predicted octanol–water partition coefficient (Wildman–Crippen LogP) is 3.46. The SMILES string of the molecule is CC(C)(C)C(=O)NCCC1CCN(c2ncnc3ccsc23)CC1. The summed E-state index contributed by atoms with van der Waals surface area (Å²) in [5.41, 5.74) is 0.736. The molecule has 1 N–H and O–H groups in total. The number of carbonyl (C=O) groups excluding carboxylic acids is 1. The van der Waals surface area contributed by atoms with Crippen LogP contribution in [-0.2, 0) is 4.79 Å². The average molecular weight is 347 g/mol. The number of amides is 1. The van der Waals surface area contributed by atoms with Gasteiger partial charge in [0.1, 0.15) is 12.1 Å². The number of fused-ring (bicyclic) bond motifs is 1. The van der Waals surface area contributed by atoms with Crippen molar-refractivity contribution in [3.05, 3.63) is 17.8 Å². The molecule has 2 aromatic heterocycles. The van der Waals surface area contributed by atoms with Crippen LogP contribution in [0.1, 0.15) is 40.0 Å². The molecule has 0 aromatic carbocycles. The number of piperidine rings is 1. The number of thiophene rings is 1. The first-order chi connectivity index (χ1) is 11.4. The zero-order chi connectivity index (χ0) is 17.2. The molecule has 130 valence electrons. The van der Waals surface area contributed by atoms with Crippen molar-refractivity contribution in [1.82, 2.24) is 15.3 Å². The molecular weight excluding hydrogens is 320 g/mol. The van der Waals surface area contributed by atoms with E-state index in [2.05, 4.69) is 31.6 Å². The van der Waals surface area contributed by atoms with Gasteiger partial charge in [-0.2, -0.15) is 0 Å². The Bertz CT molecular complexity index is 698. The molecule has 5 nitrogen and oxygen atoms in total. The molecule has 1 amide bonds. The first-order valence-electron chi connectivity index (χ1n) is 8.66. The van der Waals surface area contributed by atoms with E-state index in [1.165, 1.54) is 4.70 Å². The molecule has 3 rings (SSSR count). The first-order valence-corrected chi connectivity index (χ1v) is 9.54. The molecule has 1 fully saturated rings. The van der Waals surface area contributed by atoms with E-state index in [1.54, 1.807) is 17.7 Å². The second-order valence-corrected chi connectivity index (χ2v) is 8.47. The maximum Gasteiger partial charge on any atom is 0.225 e. The Morgan fingerprint density at radius 1 is 1.33 bits per heavy atom. The average Bonchev–Trinajstić information content (AvgIpc) is 3.03. The summed E-state index contributed by atoms with van der Waals surface area (Å²) >= 11 is 1.71. The summed E-state index contributed by atoms with van der Waals surface area (Å²) in [6.07, 6.45) is 5.04. The van der Waals surface area contributed by atoms with Crippen molar-refractivity contribution >= 4 is 33.3 Å². The Morgan fingerprint density at radius 2 is 2.08 bits per heavy atom. The van der Waals surface area contributed by atoms with E-state index in [1.807, 2.05) is 20.8 Å². The minimum Gasteiger partial charge on any atom is -0.356 e. The third-order valence-electron chi connectivity index (χ3n) is 4.66. The molecule has 0 spiro atoms. The lowest BCUT2D eigenvalue weighted by Gasteiger charge is -2.33. The minimum atomic E-state index is -0.303. The highest BCUT2D eigenvalue weighted by Crippen LogP contribution is 2.31. The molecular formula is C18H26N4OS. The Hall–Kier alpha value is -1.69. The molecule has 24 heavy (non-hydrogen) atoms. The standard InChI is InChI=1S/C18H26N4OS/c1-18(2,3)17(23)19-8-4-13-5-9-22(10-6-13)16-15-14(7-11-24-15)20-12-21-16/h7,11-13H,4-6,8-10H2,1-3H3,(H,19,23). The van der Waals surface area contributed by atoms with Gasteiger partial charge < -0.3 is 10.2 Å². The molecule has 1 saturated heterocycles. The van der Waals surface area contributed by atoms with Gasteiger partial charge in [-0.05, 0) is 36.6 Å². The summed E-state index contributed by atoms with van der Waals surface area (Å²) in [5.74, 6) is 1.90. The van der Waals surface area contributed by atoms with Gasteiger partial charge in [-0.15, -0.1) is 11.3 Å². The van der Waals surface area contributed by atoms with Gasteiger partial charge in [-0.3, -0.25) is 4.79 Å². The topological polar surface area (TPSA) is 58.1 Å². The van der Waals surface area contributed by atoms with Crippen LogP contribution in [0.3, 0.4) is 0 Å². The Kier molecular flexibility index (Phi) is 5.04. The molecule has 0 atom stereocenters. The molecule has 0 unspecified atom stereocenters. The Balaban J connectivity index is 1.50. The number of nitrogens with one attached hydrogen (secondary N) is 1. The molecule has 0 bridgehead atoms. The van der Waals surface area contributed by atoms with E-state index in [9.17, 15) is 4.79 Å². The third-order valence-corrected chi connectivity index (χ3v) is 5.56. The lowest BCUT2D eigenvalue weighted by molar-refractivity contribution is -0.128. The van der Waals surface area contributed by atoms with Crippen molar-refractivity contribution in [3.8, 4) is 0 Å². The van der Waals surface area contributed by atoms with E-state index in [0.29, 0.717) is 5.92 Å². The van der Waals surface area contributed by atoms with Gasteiger partial charge in [-0.1, -0.05) is 20.8 Å². The molecule has 3 heterocycles. The van der Waals surface area contributed by atoms with Crippen molar-refractivity contribution < 1.29 is 4.79 Å². The van der Waals surface area contributed by atoms with Crippen LogP contribution in [0.15, 0.2) is 17.8 Å².